The fraction of sp³-hybridized carbons (Fsp3) is 0.417. The molecule has 1 aromatic heterocycles. The van der Waals surface area contributed by atoms with Gasteiger partial charge in [0.2, 0.25) is 0 Å². The van der Waals surface area contributed by atoms with Crippen LogP contribution >= 0.6 is 0 Å². The van der Waals surface area contributed by atoms with Crippen LogP contribution in [0.15, 0.2) is 18.5 Å². The summed E-state index contributed by atoms with van der Waals surface area (Å²) in [6.07, 6.45) is 3.45. The summed E-state index contributed by atoms with van der Waals surface area (Å²) in [5, 5.41) is 14.0. The van der Waals surface area contributed by atoms with Crippen molar-refractivity contribution in [3.63, 3.8) is 0 Å². The fourth-order valence-corrected chi connectivity index (χ4v) is 1.33. The summed E-state index contributed by atoms with van der Waals surface area (Å²) in [5.41, 5.74) is 0.155. The second kappa shape index (κ2) is 5.48. The van der Waals surface area contributed by atoms with Crippen LogP contribution in [-0.4, -0.2) is 27.6 Å². The lowest BCUT2D eigenvalue weighted by Crippen LogP contribution is -2.53. The molecule has 1 aromatic rings. The van der Waals surface area contributed by atoms with Crippen LogP contribution in [0, 0.1) is 6.92 Å². The number of hydrogen-bond acceptors (Lipinski definition) is 3. The van der Waals surface area contributed by atoms with E-state index in [2.05, 4.69) is 15.6 Å². The molecule has 0 aliphatic rings. The van der Waals surface area contributed by atoms with Crippen LogP contribution in [0.4, 0.5) is 10.5 Å². The van der Waals surface area contributed by atoms with Gasteiger partial charge in [0.1, 0.15) is 5.54 Å². The lowest BCUT2D eigenvalue weighted by atomic mass is 10.00. The molecule has 98 valence electrons. The number of anilines is 1. The quantitative estimate of drug-likeness (QED) is 0.760. The number of carboxylic acids is 1. The predicted octanol–water partition coefficient (Wildman–Crippen LogP) is 1.76. The molecule has 0 fully saturated rings. The first-order valence-electron chi connectivity index (χ1n) is 5.61. The number of hydrogen-bond donors (Lipinski definition) is 3. The Morgan fingerprint density at radius 3 is 2.61 bits per heavy atom. The Hall–Kier alpha value is -2.11. The number of carbonyl (C=O) groups excluding carboxylic acids is 1. The van der Waals surface area contributed by atoms with Gasteiger partial charge in [-0.1, -0.05) is 6.92 Å². The molecule has 1 unspecified atom stereocenters. The number of carboxylic acid groups (broad SMARTS) is 1. The zero-order valence-corrected chi connectivity index (χ0v) is 10.7. The second-order valence-corrected chi connectivity index (χ2v) is 4.32. The van der Waals surface area contributed by atoms with Crippen molar-refractivity contribution >= 4 is 17.7 Å². The Kier molecular flexibility index (Phi) is 4.25. The summed E-state index contributed by atoms with van der Waals surface area (Å²) >= 11 is 0. The summed E-state index contributed by atoms with van der Waals surface area (Å²) in [6.45, 7) is 5.01. The predicted molar refractivity (Wildman–Crippen MR) is 67.5 cm³/mol. The topological polar surface area (TPSA) is 91.3 Å². The van der Waals surface area contributed by atoms with E-state index in [0.29, 0.717) is 12.1 Å². The van der Waals surface area contributed by atoms with E-state index in [1.807, 2.05) is 6.92 Å². The molecule has 3 N–H and O–H groups in total. The minimum absolute atomic E-state index is 0.293. The van der Waals surface area contributed by atoms with E-state index >= 15 is 0 Å². The highest BCUT2D eigenvalue weighted by Crippen LogP contribution is 2.11. The normalized spacial score (nSPS) is 13.5. The minimum atomic E-state index is -1.28. The molecule has 2 amide bonds. The number of nitrogens with zero attached hydrogens (tertiary/aromatic N) is 1. The number of aryl methyl sites for hydroxylation is 1. The molecule has 0 aromatic carbocycles. The monoisotopic (exact) mass is 251 g/mol. The molecule has 0 saturated heterocycles. The maximum Gasteiger partial charge on any atom is 0.329 e. The van der Waals surface area contributed by atoms with Gasteiger partial charge in [-0.15, -0.1) is 0 Å². The summed E-state index contributed by atoms with van der Waals surface area (Å²) in [6, 6.07) is 1.19. The summed E-state index contributed by atoms with van der Waals surface area (Å²) in [5.74, 6) is -1.07. The van der Waals surface area contributed by atoms with Gasteiger partial charge in [0, 0.05) is 6.20 Å². The Morgan fingerprint density at radius 1 is 1.44 bits per heavy atom. The number of nitrogens with one attached hydrogen (secondary N) is 2. The molecule has 0 aliphatic heterocycles. The molecule has 1 atom stereocenters. The van der Waals surface area contributed by atoms with Crippen LogP contribution in [0.2, 0.25) is 0 Å². The number of carbonyl (C=O) groups is 2. The molecule has 0 saturated carbocycles. The van der Waals surface area contributed by atoms with Crippen molar-refractivity contribution in [2.45, 2.75) is 32.7 Å². The first-order valence-corrected chi connectivity index (χ1v) is 5.61. The van der Waals surface area contributed by atoms with Gasteiger partial charge >= 0.3 is 12.0 Å². The maximum atomic E-state index is 11.7. The van der Waals surface area contributed by atoms with Gasteiger partial charge in [-0.05, 0) is 31.9 Å². The van der Waals surface area contributed by atoms with E-state index in [-0.39, 0.29) is 0 Å². The van der Waals surface area contributed by atoms with Crippen molar-refractivity contribution in [2.75, 3.05) is 5.32 Å². The fourth-order valence-electron chi connectivity index (χ4n) is 1.33. The second-order valence-electron chi connectivity index (χ2n) is 4.32. The van der Waals surface area contributed by atoms with Gasteiger partial charge in [-0.2, -0.15) is 0 Å². The third-order valence-electron chi connectivity index (χ3n) is 2.70. The number of aliphatic carboxylic acids is 1. The number of pyridine rings is 1. The van der Waals surface area contributed by atoms with Gasteiger partial charge in [0.05, 0.1) is 11.9 Å². The highest BCUT2D eigenvalue weighted by molar-refractivity contribution is 5.93. The zero-order chi connectivity index (χ0) is 13.8. The zero-order valence-electron chi connectivity index (χ0n) is 10.7. The maximum absolute atomic E-state index is 11.7. The van der Waals surface area contributed by atoms with E-state index in [0.717, 1.165) is 5.56 Å². The average molecular weight is 251 g/mol. The van der Waals surface area contributed by atoms with Crippen LogP contribution in [-0.2, 0) is 4.79 Å². The third-order valence-corrected chi connectivity index (χ3v) is 2.70. The van der Waals surface area contributed by atoms with Crippen molar-refractivity contribution in [3.05, 3.63) is 24.0 Å². The van der Waals surface area contributed by atoms with Gasteiger partial charge in [0.25, 0.3) is 0 Å². The number of amides is 2. The lowest BCUT2D eigenvalue weighted by Gasteiger charge is -2.24. The summed E-state index contributed by atoms with van der Waals surface area (Å²) in [4.78, 5) is 26.7. The van der Waals surface area contributed by atoms with E-state index in [1.165, 1.54) is 13.1 Å². The molecule has 1 rings (SSSR count). The van der Waals surface area contributed by atoms with Gasteiger partial charge in [-0.25, -0.2) is 9.59 Å². The smallest absolute Gasteiger partial charge is 0.329 e. The minimum Gasteiger partial charge on any atom is -0.480 e. The van der Waals surface area contributed by atoms with Crippen molar-refractivity contribution in [1.82, 2.24) is 10.3 Å². The lowest BCUT2D eigenvalue weighted by molar-refractivity contribution is -0.143. The molecule has 6 nitrogen and oxygen atoms in total. The van der Waals surface area contributed by atoms with Crippen molar-refractivity contribution < 1.29 is 14.7 Å². The van der Waals surface area contributed by atoms with Gasteiger partial charge < -0.3 is 15.7 Å². The molecule has 18 heavy (non-hydrogen) atoms. The molecule has 0 radical (unpaired) electrons. The molecule has 1 heterocycles. The van der Waals surface area contributed by atoms with E-state index in [1.54, 1.807) is 19.2 Å². The number of aromatic nitrogens is 1. The van der Waals surface area contributed by atoms with Crippen molar-refractivity contribution in [3.8, 4) is 0 Å². The van der Waals surface area contributed by atoms with Crippen LogP contribution < -0.4 is 10.6 Å². The van der Waals surface area contributed by atoms with E-state index in [9.17, 15) is 9.59 Å². The third kappa shape index (κ3) is 3.44. The summed E-state index contributed by atoms with van der Waals surface area (Å²) in [7, 11) is 0. The molecular formula is C12H17N3O3. The highest BCUT2D eigenvalue weighted by Gasteiger charge is 2.32. The SMILES string of the molecule is CCC(C)(NC(=O)Nc1cncc(C)c1)C(=O)O. The van der Waals surface area contributed by atoms with Crippen molar-refractivity contribution in [2.24, 2.45) is 0 Å². The first kappa shape index (κ1) is 14.0. The molecule has 0 bridgehead atoms. The highest BCUT2D eigenvalue weighted by atomic mass is 16.4. The van der Waals surface area contributed by atoms with E-state index in [4.69, 9.17) is 5.11 Å². The Balaban J connectivity index is 2.70. The first-order chi connectivity index (χ1) is 8.37. The number of rotatable bonds is 4. The van der Waals surface area contributed by atoms with Gasteiger partial charge in [0.15, 0.2) is 0 Å². The molecular weight excluding hydrogens is 234 g/mol. The van der Waals surface area contributed by atoms with Crippen LogP contribution in [0.25, 0.3) is 0 Å². The molecule has 6 heteroatoms. The van der Waals surface area contributed by atoms with Gasteiger partial charge in [-0.3, -0.25) is 4.98 Å². The van der Waals surface area contributed by atoms with Crippen molar-refractivity contribution in [1.29, 1.82) is 0 Å². The van der Waals surface area contributed by atoms with Crippen LogP contribution in [0.5, 0.6) is 0 Å². The largest absolute Gasteiger partial charge is 0.480 e. The Labute approximate surface area is 105 Å². The Bertz CT molecular complexity index is 462. The molecule has 0 aliphatic carbocycles. The van der Waals surface area contributed by atoms with Crippen LogP contribution in [0.3, 0.4) is 0 Å². The average Bonchev–Trinajstić information content (AvgIpc) is 2.28. The Morgan fingerprint density at radius 2 is 2.11 bits per heavy atom. The standard InChI is InChI=1S/C12H17N3O3/c1-4-12(3,10(16)17)15-11(18)14-9-5-8(2)6-13-7-9/h5-7H,4H2,1-3H3,(H,16,17)(H2,14,15,18). The summed E-state index contributed by atoms with van der Waals surface area (Å²) < 4.78 is 0. The van der Waals surface area contributed by atoms with Crippen LogP contribution in [0.1, 0.15) is 25.8 Å². The number of urea groups is 1. The molecule has 0 spiro atoms. The van der Waals surface area contributed by atoms with E-state index < -0.39 is 17.5 Å².